The molecule has 6 heteroatoms. The van der Waals surface area contributed by atoms with Crippen LogP contribution in [-0.2, 0) is 23.7 Å². The third-order valence-corrected chi connectivity index (χ3v) is 5.69. The highest BCUT2D eigenvalue weighted by Crippen LogP contribution is 2.59. The van der Waals surface area contributed by atoms with E-state index in [1.54, 1.807) is 7.11 Å². The lowest BCUT2D eigenvalue weighted by atomic mass is 9.68. The fourth-order valence-corrected chi connectivity index (χ4v) is 4.29. The molecule has 1 saturated carbocycles. The maximum absolute atomic E-state index is 11.7. The molecule has 1 spiro atoms. The lowest BCUT2D eigenvalue weighted by Gasteiger charge is -2.42. The summed E-state index contributed by atoms with van der Waals surface area (Å²) < 4.78 is 23.3. The van der Waals surface area contributed by atoms with E-state index in [1.807, 2.05) is 0 Å². The zero-order valence-electron chi connectivity index (χ0n) is 15.0. The predicted molar refractivity (Wildman–Crippen MR) is 88.5 cm³/mol. The van der Waals surface area contributed by atoms with Crippen LogP contribution in [0.15, 0.2) is 11.6 Å². The van der Waals surface area contributed by atoms with Crippen LogP contribution in [0.3, 0.4) is 0 Å². The average molecular weight is 339 g/mol. The summed E-state index contributed by atoms with van der Waals surface area (Å²) in [5.74, 6) is -0.341. The van der Waals surface area contributed by atoms with E-state index in [1.165, 1.54) is 5.57 Å². The topological polar surface area (TPSA) is 86.6 Å². The van der Waals surface area contributed by atoms with E-state index in [0.29, 0.717) is 0 Å². The summed E-state index contributed by atoms with van der Waals surface area (Å²) in [6.45, 7) is 6.92. The number of allylic oxidation sites excluding steroid dienone is 1. The highest BCUT2D eigenvalue weighted by atomic mass is 16.6. The first-order valence-corrected chi connectivity index (χ1v) is 8.74. The van der Waals surface area contributed by atoms with E-state index < -0.39 is 5.97 Å². The van der Waals surface area contributed by atoms with Crippen molar-refractivity contribution in [3.05, 3.63) is 11.6 Å². The van der Waals surface area contributed by atoms with Gasteiger partial charge in [-0.3, -0.25) is 4.79 Å². The molecular weight excluding hydrogens is 310 g/mol. The average Bonchev–Trinajstić information content (AvgIpc) is 3.45. The fraction of sp³-hybridized carbons (Fsp3) is 0.833. The third kappa shape index (κ3) is 3.12. The van der Waals surface area contributed by atoms with Gasteiger partial charge in [-0.15, -0.1) is 0 Å². The molecule has 6 atom stereocenters. The number of nitrogens with two attached hydrogens (primary N) is 1. The lowest BCUT2D eigenvalue weighted by Crippen LogP contribution is -2.55. The first kappa shape index (κ1) is 17.9. The summed E-state index contributed by atoms with van der Waals surface area (Å²) >= 11 is 0. The summed E-state index contributed by atoms with van der Waals surface area (Å²) in [6.07, 6.45) is 4.29. The maximum atomic E-state index is 11.7. The Kier molecular flexibility index (Phi) is 4.77. The van der Waals surface area contributed by atoms with E-state index in [9.17, 15) is 4.79 Å². The largest absolute Gasteiger partial charge is 0.459 e. The predicted octanol–water partition coefficient (Wildman–Crippen LogP) is 1.56. The van der Waals surface area contributed by atoms with Crippen LogP contribution in [-0.4, -0.2) is 55.7 Å². The van der Waals surface area contributed by atoms with Crippen molar-refractivity contribution in [2.24, 2.45) is 11.7 Å². The van der Waals surface area contributed by atoms with Crippen LogP contribution in [0.1, 0.15) is 40.0 Å². The van der Waals surface area contributed by atoms with Crippen molar-refractivity contribution >= 4 is 5.97 Å². The minimum absolute atomic E-state index is 0.0508. The second kappa shape index (κ2) is 6.41. The van der Waals surface area contributed by atoms with Crippen molar-refractivity contribution in [1.82, 2.24) is 0 Å². The SMILES string of the molecule is COC1C(OC(=O)CN)CCC2(CO2)C1C1(C)OC1CC=C(C)C. The molecule has 136 valence electrons. The van der Waals surface area contributed by atoms with E-state index in [0.717, 1.165) is 25.9 Å². The fourth-order valence-electron chi connectivity index (χ4n) is 4.29. The summed E-state index contributed by atoms with van der Waals surface area (Å²) in [5.41, 5.74) is 6.18. The van der Waals surface area contributed by atoms with Crippen molar-refractivity contribution < 1.29 is 23.7 Å². The van der Waals surface area contributed by atoms with Crippen molar-refractivity contribution in [3.63, 3.8) is 0 Å². The van der Waals surface area contributed by atoms with Gasteiger partial charge < -0.3 is 24.7 Å². The van der Waals surface area contributed by atoms with Crippen molar-refractivity contribution in [2.75, 3.05) is 20.3 Å². The van der Waals surface area contributed by atoms with Crippen LogP contribution in [0.2, 0.25) is 0 Å². The maximum Gasteiger partial charge on any atom is 0.320 e. The van der Waals surface area contributed by atoms with Crippen molar-refractivity contribution in [1.29, 1.82) is 0 Å². The third-order valence-electron chi connectivity index (χ3n) is 5.69. The molecule has 24 heavy (non-hydrogen) atoms. The van der Waals surface area contributed by atoms with Gasteiger partial charge in [0, 0.05) is 7.11 Å². The number of esters is 1. The van der Waals surface area contributed by atoms with E-state index >= 15 is 0 Å². The van der Waals surface area contributed by atoms with Gasteiger partial charge in [0.25, 0.3) is 0 Å². The smallest absolute Gasteiger partial charge is 0.320 e. The van der Waals surface area contributed by atoms with Crippen LogP contribution in [0.25, 0.3) is 0 Å². The molecule has 0 amide bonds. The Labute approximate surface area is 143 Å². The van der Waals surface area contributed by atoms with Crippen LogP contribution in [0.4, 0.5) is 0 Å². The van der Waals surface area contributed by atoms with Gasteiger partial charge >= 0.3 is 5.97 Å². The molecule has 1 aliphatic carbocycles. The van der Waals surface area contributed by atoms with Crippen LogP contribution in [0, 0.1) is 5.92 Å². The summed E-state index contributed by atoms with van der Waals surface area (Å²) in [6, 6.07) is 0. The molecule has 0 radical (unpaired) electrons. The first-order valence-electron chi connectivity index (χ1n) is 8.74. The van der Waals surface area contributed by atoms with Gasteiger partial charge in [-0.1, -0.05) is 11.6 Å². The van der Waals surface area contributed by atoms with Gasteiger partial charge in [0.15, 0.2) is 0 Å². The number of ether oxygens (including phenoxy) is 4. The molecule has 3 rings (SSSR count). The molecule has 3 aliphatic rings. The highest BCUT2D eigenvalue weighted by molar-refractivity contribution is 5.71. The minimum Gasteiger partial charge on any atom is -0.459 e. The van der Waals surface area contributed by atoms with Gasteiger partial charge in [-0.25, -0.2) is 0 Å². The summed E-state index contributed by atoms with van der Waals surface area (Å²) in [5, 5.41) is 0. The molecule has 6 unspecified atom stereocenters. The molecule has 0 aromatic heterocycles. The number of methoxy groups -OCH3 is 1. The highest BCUT2D eigenvalue weighted by Gasteiger charge is 2.72. The van der Waals surface area contributed by atoms with Gasteiger partial charge in [0.2, 0.25) is 0 Å². The molecule has 0 bridgehead atoms. The Bertz CT molecular complexity index is 526. The van der Waals surface area contributed by atoms with Gasteiger partial charge in [-0.05, 0) is 40.0 Å². The lowest BCUT2D eigenvalue weighted by molar-refractivity contribution is -0.170. The standard InChI is InChI=1S/C18H29NO5/c1-11(2)5-6-13-17(3,24-13)16-15(21-4)12(23-14(20)9-19)7-8-18(16)10-22-18/h5,12-13,15-16H,6-10,19H2,1-4H3. The Morgan fingerprint density at radius 1 is 1.42 bits per heavy atom. The Hall–Kier alpha value is -0.950. The molecular formula is C18H29NO5. The molecule has 2 N–H and O–H groups in total. The Balaban J connectivity index is 1.78. The van der Waals surface area contributed by atoms with E-state index in [2.05, 4.69) is 26.8 Å². The molecule has 2 saturated heterocycles. The van der Waals surface area contributed by atoms with Crippen molar-refractivity contribution in [2.45, 2.75) is 69.5 Å². The Morgan fingerprint density at radius 2 is 2.12 bits per heavy atom. The van der Waals surface area contributed by atoms with E-state index in [4.69, 9.17) is 24.7 Å². The first-order chi connectivity index (χ1) is 11.4. The zero-order chi connectivity index (χ0) is 17.5. The normalized spacial score (nSPS) is 43.4. The number of hydrogen-bond donors (Lipinski definition) is 1. The molecule has 0 aromatic rings. The van der Waals surface area contributed by atoms with Crippen LogP contribution < -0.4 is 5.73 Å². The van der Waals surface area contributed by atoms with Gasteiger partial charge in [0.1, 0.15) is 23.4 Å². The number of carbonyl (C=O) groups is 1. The molecule has 2 heterocycles. The van der Waals surface area contributed by atoms with Gasteiger partial charge in [0.05, 0.1) is 25.2 Å². The monoisotopic (exact) mass is 339 g/mol. The second-order valence-corrected chi connectivity index (χ2v) is 7.61. The quantitative estimate of drug-likeness (QED) is 0.449. The van der Waals surface area contributed by atoms with Gasteiger partial charge in [-0.2, -0.15) is 0 Å². The molecule has 6 nitrogen and oxygen atoms in total. The number of epoxide rings is 2. The Morgan fingerprint density at radius 3 is 2.67 bits per heavy atom. The van der Waals surface area contributed by atoms with Crippen LogP contribution >= 0.6 is 0 Å². The molecule has 0 aromatic carbocycles. The zero-order valence-corrected chi connectivity index (χ0v) is 15.0. The number of rotatable bonds is 6. The minimum atomic E-state index is -0.392. The van der Waals surface area contributed by atoms with E-state index in [-0.39, 0.29) is 42.0 Å². The second-order valence-electron chi connectivity index (χ2n) is 7.61. The molecule has 3 fully saturated rings. The number of hydrogen-bond acceptors (Lipinski definition) is 6. The van der Waals surface area contributed by atoms with Crippen molar-refractivity contribution in [3.8, 4) is 0 Å². The van der Waals surface area contributed by atoms with Crippen LogP contribution in [0.5, 0.6) is 0 Å². The number of carbonyl (C=O) groups excluding carboxylic acids is 1. The molecule has 2 aliphatic heterocycles. The summed E-state index contributed by atoms with van der Waals surface area (Å²) in [7, 11) is 1.67. The summed E-state index contributed by atoms with van der Waals surface area (Å²) in [4.78, 5) is 11.7.